The fourth-order valence-electron chi connectivity index (χ4n) is 4.01. The number of hydrogen-bond acceptors (Lipinski definition) is 6. The van der Waals surface area contributed by atoms with Gasteiger partial charge in [0.25, 0.3) is 5.79 Å². The molecule has 1 unspecified atom stereocenters. The fraction of sp³-hybridized carbons (Fsp3) is 0.615. The average Bonchev–Trinajstić information content (AvgIpc) is 3.17. The second-order valence-electron chi connectivity index (χ2n) is 9.24. The molecule has 182 valence electrons. The molecule has 0 amide bonds. The van der Waals surface area contributed by atoms with E-state index in [9.17, 15) is 9.90 Å². The summed E-state index contributed by atoms with van der Waals surface area (Å²) in [6.07, 6.45) is 3.69. The predicted octanol–water partition coefficient (Wildman–Crippen LogP) is 5.85. The van der Waals surface area contributed by atoms with Crippen molar-refractivity contribution in [2.75, 3.05) is 6.61 Å². The van der Waals surface area contributed by atoms with E-state index in [1.165, 1.54) is 12.5 Å². The van der Waals surface area contributed by atoms with E-state index in [2.05, 4.69) is 31.0 Å². The van der Waals surface area contributed by atoms with Gasteiger partial charge in [0, 0.05) is 12.5 Å². The van der Waals surface area contributed by atoms with Gasteiger partial charge in [0.2, 0.25) is 5.89 Å². The first-order valence-corrected chi connectivity index (χ1v) is 11.9. The molecule has 1 fully saturated rings. The van der Waals surface area contributed by atoms with Crippen LogP contribution in [-0.2, 0) is 25.6 Å². The summed E-state index contributed by atoms with van der Waals surface area (Å²) >= 11 is 0. The summed E-state index contributed by atoms with van der Waals surface area (Å²) < 4.78 is 23.4. The van der Waals surface area contributed by atoms with E-state index in [-0.39, 0.29) is 12.2 Å². The quantitative estimate of drug-likeness (QED) is 0.422. The normalized spacial score (nSPS) is 20.7. The highest BCUT2D eigenvalue weighted by Gasteiger charge is 2.39. The molecule has 1 saturated carbocycles. The summed E-state index contributed by atoms with van der Waals surface area (Å²) in [6.45, 7) is 10.3. The zero-order chi connectivity index (χ0) is 24.0. The number of benzene rings is 1. The van der Waals surface area contributed by atoms with E-state index < -0.39 is 11.8 Å². The molecule has 7 heteroatoms. The molecule has 1 aliphatic rings. The SMILES string of the molecule is CCCOC(C)(O[C@@H]1CCC[C@H](OCc2nc(-c3ccc(C(C)C)cc3)oc2C)C1)C(=O)O. The largest absolute Gasteiger partial charge is 0.477 e. The van der Waals surface area contributed by atoms with Crippen molar-refractivity contribution in [1.82, 2.24) is 4.98 Å². The number of oxazole rings is 1. The minimum atomic E-state index is -1.63. The van der Waals surface area contributed by atoms with Gasteiger partial charge >= 0.3 is 5.97 Å². The molecule has 0 aliphatic heterocycles. The number of aryl methyl sites for hydroxylation is 1. The van der Waals surface area contributed by atoms with Crippen LogP contribution in [0.15, 0.2) is 28.7 Å². The van der Waals surface area contributed by atoms with Crippen molar-refractivity contribution >= 4 is 5.97 Å². The average molecular weight is 460 g/mol. The molecule has 7 nitrogen and oxygen atoms in total. The second-order valence-corrected chi connectivity index (χ2v) is 9.24. The second kappa shape index (κ2) is 11.3. The number of carboxylic acids is 1. The number of nitrogens with zero attached hydrogens (tertiary/aromatic N) is 1. The van der Waals surface area contributed by atoms with Crippen molar-refractivity contribution in [2.24, 2.45) is 0 Å². The van der Waals surface area contributed by atoms with Gasteiger partial charge in [-0.3, -0.25) is 0 Å². The lowest BCUT2D eigenvalue weighted by atomic mass is 9.94. The van der Waals surface area contributed by atoms with Crippen molar-refractivity contribution < 1.29 is 28.5 Å². The first-order valence-electron chi connectivity index (χ1n) is 11.9. The topological polar surface area (TPSA) is 91.0 Å². The third kappa shape index (κ3) is 6.65. The number of ether oxygens (including phenoxy) is 3. The maximum atomic E-state index is 11.7. The standard InChI is InChI=1S/C26H37NO6/c1-6-14-31-26(5,25(28)29)33-22-9-7-8-21(15-22)30-16-23-18(4)32-24(27-23)20-12-10-19(11-13-20)17(2)3/h10-13,17,21-22H,6-9,14-16H2,1-5H3,(H,28,29)/t21-,22+,26?/m0/s1. The minimum Gasteiger partial charge on any atom is -0.477 e. The lowest BCUT2D eigenvalue weighted by molar-refractivity contribution is -0.258. The van der Waals surface area contributed by atoms with Crippen LogP contribution in [0.3, 0.4) is 0 Å². The molecule has 0 bridgehead atoms. The lowest BCUT2D eigenvalue weighted by Gasteiger charge is -2.35. The first-order chi connectivity index (χ1) is 15.7. The summed E-state index contributed by atoms with van der Waals surface area (Å²) in [5, 5.41) is 9.58. The Morgan fingerprint density at radius 2 is 1.94 bits per heavy atom. The molecule has 0 saturated heterocycles. The fourth-order valence-corrected chi connectivity index (χ4v) is 4.01. The van der Waals surface area contributed by atoms with Gasteiger partial charge in [-0.15, -0.1) is 0 Å². The zero-order valence-corrected chi connectivity index (χ0v) is 20.4. The summed E-state index contributed by atoms with van der Waals surface area (Å²) in [6, 6.07) is 8.28. The van der Waals surface area contributed by atoms with Gasteiger partial charge in [-0.05, 0) is 62.6 Å². The highest BCUT2D eigenvalue weighted by atomic mass is 16.7. The predicted molar refractivity (Wildman–Crippen MR) is 125 cm³/mol. The number of hydrogen-bond donors (Lipinski definition) is 1. The Balaban J connectivity index is 1.58. The molecule has 1 aromatic heterocycles. The van der Waals surface area contributed by atoms with Crippen LogP contribution in [0.4, 0.5) is 0 Å². The molecular weight excluding hydrogens is 422 g/mol. The third-order valence-electron chi connectivity index (χ3n) is 6.11. The van der Waals surface area contributed by atoms with E-state index in [0.29, 0.717) is 31.4 Å². The van der Waals surface area contributed by atoms with E-state index in [1.54, 1.807) is 0 Å². The Morgan fingerprint density at radius 1 is 1.24 bits per heavy atom. The van der Waals surface area contributed by atoms with Gasteiger partial charge in [0.05, 0.1) is 25.4 Å². The molecule has 33 heavy (non-hydrogen) atoms. The van der Waals surface area contributed by atoms with Crippen LogP contribution in [0, 0.1) is 6.92 Å². The van der Waals surface area contributed by atoms with Crippen LogP contribution in [0.2, 0.25) is 0 Å². The van der Waals surface area contributed by atoms with Gasteiger partial charge < -0.3 is 23.7 Å². The van der Waals surface area contributed by atoms with Gasteiger partial charge in [0.1, 0.15) is 11.5 Å². The molecule has 3 rings (SSSR count). The number of rotatable bonds is 11. The van der Waals surface area contributed by atoms with Gasteiger partial charge in [-0.2, -0.15) is 0 Å². The van der Waals surface area contributed by atoms with Crippen molar-refractivity contribution in [3.63, 3.8) is 0 Å². The monoisotopic (exact) mass is 459 g/mol. The van der Waals surface area contributed by atoms with Gasteiger partial charge in [0.15, 0.2) is 0 Å². The molecule has 1 aliphatic carbocycles. The van der Waals surface area contributed by atoms with Crippen LogP contribution in [0.5, 0.6) is 0 Å². The number of carbonyl (C=O) groups is 1. The molecule has 2 aromatic rings. The Kier molecular flexibility index (Phi) is 8.68. The smallest absolute Gasteiger partial charge is 0.364 e. The Morgan fingerprint density at radius 3 is 2.58 bits per heavy atom. The summed E-state index contributed by atoms with van der Waals surface area (Å²) in [7, 11) is 0. The van der Waals surface area contributed by atoms with Crippen molar-refractivity contribution in [3.8, 4) is 11.5 Å². The Hall–Kier alpha value is -2.22. The number of carboxylic acid groups (broad SMARTS) is 1. The van der Waals surface area contributed by atoms with Gasteiger partial charge in [-0.1, -0.05) is 32.9 Å². The molecule has 3 atom stereocenters. The van der Waals surface area contributed by atoms with E-state index in [4.69, 9.17) is 18.6 Å². The van der Waals surface area contributed by atoms with Crippen LogP contribution in [-0.4, -0.2) is 40.7 Å². The molecule has 1 N–H and O–H groups in total. The highest BCUT2D eigenvalue weighted by Crippen LogP contribution is 2.30. The molecule has 1 heterocycles. The third-order valence-corrected chi connectivity index (χ3v) is 6.11. The first kappa shape index (κ1) is 25.4. The van der Waals surface area contributed by atoms with E-state index >= 15 is 0 Å². The van der Waals surface area contributed by atoms with E-state index in [0.717, 1.165) is 42.7 Å². The minimum absolute atomic E-state index is 0.0298. The zero-order valence-electron chi connectivity index (χ0n) is 20.4. The maximum Gasteiger partial charge on any atom is 0.364 e. The Labute approximate surface area is 196 Å². The van der Waals surface area contributed by atoms with Crippen LogP contribution < -0.4 is 0 Å². The summed E-state index contributed by atoms with van der Waals surface area (Å²) in [5.41, 5.74) is 3.00. The van der Waals surface area contributed by atoms with Crippen LogP contribution in [0.25, 0.3) is 11.5 Å². The summed E-state index contributed by atoms with van der Waals surface area (Å²) in [5.74, 6) is -0.925. The molecular formula is C26H37NO6. The number of aromatic nitrogens is 1. The van der Waals surface area contributed by atoms with Crippen molar-refractivity contribution in [2.45, 2.75) is 97.2 Å². The molecule has 0 spiro atoms. The van der Waals surface area contributed by atoms with E-state index in [1.807, 2.05) is 26.0 Å². The Bertz CT molecular complexity index is 906. The lowest BCUT2D eigenvalue weighted by Crippen LogP contribution is -2.46. The molecule has 1 aromatic carbocycles. The van der Waals surface area contributed by atoms with Crippen LogP contribution in [0.1, 0.15) is 82.7 Å². The summed E-state index contributed by atoms with van der Waals surface area (Å²) in [4.78, 5) is 16.4. The maximum absolute atomic E-state index is 11.7. The highest BCUT2D eigenvalue weighted by molar-refractivity contribution is 5.75. The van der Waals surface area contributed by atoms with Gasteiger partial charge in [-0.25, -0.2) is 9.78 Å². The van der Waals surface area contributed by atoms with Crippen molar-refractivity contribution in [1.29, 1.82) is 0 Å². The molecule has 0 radical (unpaired) electrons. The van der Waals surface area contributed by atoms with Crippen LogP contribution >= 0.6 is 0 Å². The van der Waals surface area contributed by atoms with Crippen molar-refractivity contribution in [3.05, 3.63) is 41.3 Å². The number of aliphatic carboxylic acids is 1.